The molecule has 0 amide bonds. The lowest BCUT2D eigenvalue weighted by Crippen LogP contribution is -2.25. The highest BCUT2D eigenvalue weighted by molar-refractivity contribution is 5.41. The minimum Gasteiger partial charge on any atom is -0.311 e. The number of fused-ring (bicyclic) bond motifs is 1. The summed E-state index contributed by atoms with van der Waals surface area (Å²) in [5.41, 5.74) is 1.89. The summed E-state index contributed by atoms with van der Waals surface area (Å²) in [5, 5.41) is 3.27. The van der Waals surface area contributed by atoms with Crippen LogP contribution in [-0.4, -0.2) is 16.1 Å². The molecule has 1 N–H and O–H groups in total. The summed E-state index contributed by atoms with van der Waals surface area (Å²) >= 11 is 0. The molecular weight excluding hydrogens is 272 g/mol. The van der Waals surface area contributed by atoms with Crippen molar-refractivity contribution >= 4 is 0 Å². The lowest BCUT2D eigenvalue weighted by Gasteiger charge is -2.22. The third-order valence-corrected chi connectivity index (χ3v) is 3.73. The van der Waals surface area contributed by atoms with Gasteiger partial charge in [0, 0.05) is 30.6 Å². The molecular formula is C16H19F2N3. The van der Waals surface area contributed by atoms with Crippen LogP contribution in [0.5, 0.6) is 0 Å². The van der Waals surface area contributed by atoms with Crippen LogP contribution >= 0.6 is 0 Å². The van der Waals surface area contributed by atoms with E-state index in [2.05, 4.69) is 10.3 Å². The first-order valence-corrected chi connectivity index (χ1v) is 7.15. The maximum Gasteiger partial charge on any atom is 0.182 e. The molecule has 0 radical (unpaired) electrons. The Kier molecular flexibility index (Phi) is 3.32. The number of hydrogen-bond acceptors (Lipinski definition) is 2. The van der Waals surface area contributed by atoms with Gasteiger partial charge in [0.1, 0.15) is 5.82 Å². The molecule has 5 heteroatoms. The highest BCUT2D eigenvalue weighted by Gasteiger charge is 2.29. The van der Waals surface area contributed by atoms with Crippen molar-refractivity contribution in [2.75, 3.05) is 6.54 Å². The summed E-state index contributed by atoms with van der Waals surface area (Å²) < 4.78 is 29.7. The largest absolute Gasteiger partial charge is 0.311 e. The number of nitrogens with zero attached hydrogens (tertiary/aromatic N) is 2. The van der Waals surface area contributed by atoms with Gasteiger partial charge in [-0.2, -0.15) is 0 Å². The zero-order valence-corrected chi connectivity index (χ0v) is 12.5. The smallest absolute Gasteiger partial charge is 0.182 e. The molecule has 2 aromatic rings. The quantitative estimate of drug-likeness (QED) is 0.875. The number of aromatic nitrogens is 2. The molecule has 0 aliphatic carbocycles. The van der Waals surface area contributed by atoms with Gasteiger partial charge in [-0.1, -0.05) is 26.8 Å². The third-order valence-electron chi connectivity index (χ3n) is 3.73. The predicted octanol–water partition coefficient (Wildman–Crippen LogP) is 3.09. The molecule has 1 aromatic heterocycles. The Morgan fingerprint density at radius 3 is 2.71 bits per heavy atom. The molecule has 0 saturated carbocycles. The Hall–Kier alpha value is -1.75. The van der Waals surface area contributed by atoms with Crippen LogP contribution in [0.25, 0.3) is 5.69 Å². The average molecular weight is 291 g/mol. The molecule has 0 bridgehead atoms. The molecule has 1 aliphatic rings. The molecule has 3 nitrogen and oxygen atoms in total. The maximum atomic E-state index is 14.3. The van der Waals surface area contributed by atoms with Crippen LogP contribution in [0.2, 0.25) is 0 Å². The lowest BCUT2D eigenvalue weighted by atomic mass is 9.95. The van der Waals surface area contributed by atoms with Crippen molar-refractivity contribution < 1.29 is 8.78 Å². The first-order chi connectivity index (χ1) is 9.89. The molecule has 1 aromatic carbocycles. The van der Waals surface area contributed by atoms with Crippen molar-refractivity contribution in [1.82, 2.24) is 14.9 Å². The Bertz CT molecular complexity index is 684. The summed E-state index contributed by atoms with van der Waals surface area (Å²) in [6.45, 7) is 7.58. The van der Waals surface area contributed by atoms with E-state index in [-0.39, 0.29) is 11.1 Å². The number of imidazole rings is 1. The van der Waals surface area contributed by atoms with Crippen LogP contribution in [0.3, 0.4) is 0 Å². The molecule has 21 heavy (non-hydrogen) atoms. The highest BCUT2D eigenvalue weighted by atomic mass is 19.2. The number of halogens is 2. The van der Waals surface area contributed by atoms with Crippen LogP contribution in [0.1, 0.15) is 38.0 Å². The summed E-state index contributed by atoms with van der Waals surface area (Å²) in [4.78, 5) is 4.68. The van der Waals surface area contributed by atoms with Crippen molar-refractivity contribution in [1.29, 1.82) is 0 Å². The summed E-state index contributed by atoms with van der Waals surface area (Å²) in [6, 6.07) is 4.28. The molecule has 0 spiro atoms. The number of hydrogen-bond donors (Lipinski definition) is 1. The van der Waals surface area contributed by atoms with Crippen LogP contribution in [0.4, 0.5) is 8.78 Å². The Balaban J connectivity index is 2.30. The van der Waals surface area contributed by atoms with Gasteiger partial charge in [0.05, 0.1) is 11.4 Å². The third kappa shape index (κ3) is 2.35. The Labute approximate surface area is 123 Å². The van der Waals surface area contributed by atoms with Crippen molar-refractivity contribution in [2.45, 2.75) is 39.2 Å². The minimum atomic E-state index is -0.830. The van der Waals surface area contributed by atoms with E-state index in [1.165, 1.54) is 6.07 Å². The summed E-state index contributed by atoms with van der Waals surface area (Å²) in [6.07, 6.45) is 0.758. The zero-order valence-electron chi connectivity index (χ0n) is 12.5. The van der Waals surface area contributed by atoms with E-state index in [4.69, 9.17) is 0 Å². The van der Waals surface area contributed by atoms with E-state index >= 15 is 0 Å². The number of rotatable bonds is 1. The first-order valence-electron chi connectivity index (χ1n) is 7.15. The van der Waals surface area contributed by atoms with Gasteiger partial charge in [0.25, 0.3) is 0 Å². The van der Waals surface area contributed by atoms with E-state index in [9.17, 15) is 8.78 Å². The standard InChI is InChI=1S/C16H19F2N3/c1-16(2,3)15-20-11-9-19-8-7-12(11)21(15)13-6-4-5-10(17)14(13)18/h4-6,19H,7-9H2,1-3H3. The van der Waals surface area contributed by atoms with Gasteiger partial charge in [-0.3, -0.25) is 4.57 Å². The second kappa shape index (κ2) is 4.91. The van der Waals surface area contributed by atoms with Gasteiger partial charge in [-0.25, -0.2) is 13.8 Å². The fraction of sp³-hybridized carbons (Fsp3) is 0.438. The fourth-order valence-corrected chi connectivity index (χ4v) is 2.74. The lowest BCUT2D eigenvalue weighted by molar-refractivity contribution is 0.491. The normalized spacial score (nSPS) is 15.1. The molecule has 0 fully saturated rings. The van der Waals surface area contributed by atoms with Crippen molar-refractivity contribution in [3.8, 4) is 5.69 Å². The van der Waals surface area contributed by atoms with E-state index in [1.54, 1.807) is 10.6 Å². The topological polar surface area (TPSA) is 29.9 Å². The first kappa shape index (κ1) is 14.2. The molecule has 0 saturated heterocycles. The second-order valence-corrected chi connectivity index (χ2v) is 6.41. The number of benzene rings is 1. The molecule has 112 valence electrons. The van der Waals surface area contributed by atoms with Gasteiger partial charge in [-0.15, -0.1) is 0 Å². The van der Waals surface area contributed by atoms with Crippen molar-refractivity contribution in [2.24, 2.45) is 0 Å². The Morgan fingerprint density at radius 2 is 2.00 bits per heavy atom. The molecule has 3 rings (SSSR count). The van der Waals surface area contributed by atoms with Gasteiger partial charge in [0.2, 0.25) is 0 Å². The molecule has 0 atom stereocenters. The van der Waals surface area contributed by atoms with Gasteiger partial charge < -0.3 is 5.32 Å². The SMILES string of the molecule is CC(C)(C)c1nc2c(n1-c1cccc(F)c1F)CCNC2. The maximum absolute atomic E-state index is 14.3. The summed E-state index contributed by atoms with van der Waals surface area (Å²) in [5.74, 6) is -0.883. The second-order valence-electron chi connectivity index (χ2n) is 6.41. The average Bonchev–Trinajstić information content (AvgIpc) is 2.81. The molecule has 2 heterocycles. The molecule has 1 aliphatic heterocycles. The minimum absolute atomic E-state index is 0.246. The van der Waals surface area contributed by atoms with Crippen LogP contribution < -0.4 is 5.32 Å². The van der Waals surface area contributed by atoms with E-state index in [0.717, 1.165) is 36.2 Å². The van der Waals surface area contributed by atoms with Gasteiger partial charge >= 0.3 is 0 Å². The molecule has 0 unspecified atom stereocenters. The van der Waals surface area contributed by atoms with Crippen molar-refractivity contribution in [3.05, 3.63) is 47.0 Å². The fourth-order valence-electron chi connectivity index (χ4n) is 2.74. The monoisotopic (exact) mass is 291 g/mol. The zero-order chi connectivity index (χ0) is 15.2. The van der Waals surface area contributed by atoms with Crippen LogP contribution in [0, 0.1) is 11.6 Å². The Morgan fingerprint density at radius 1 is 1.24 bits per heavy atom. The van der Waals surface area contributed by atoms with Gasteiger partial charge in [-0.05, 0) is 12.1 Å². The van der Waals surface area contributed by atoms with Crippen LogP contribution in [0.15, 0.2) is 18.2 Å². The van der Waals surface area contributed by atoms with Gasteiger partial charge in [0.15, 0.2) is 11.6 Å². The van der Waals surface area contributed by atoms with E-state index in [1.807, 2.05) is 20.8 Å². The summed E-state index contributed by atoms with van der Waals surface area (Å²) in [7, 11) is 0. The van der Waals surface area contributed by atoms with E-state index in [0.29, 0.717) is 6.54 Å². The van der Waals surface area contributed by atoms with Crippen molar-refractivity contribution in [3.63, 3.8) is 0 Å². The number of nitrogens with one attached hydrogen (secondary N) is 1. The van der Waals surface area contributed by atoms with Crippen LogP contribution in [-0.2, 0) is 18.4 Å². The predicted molar refractivity (Wildman–Crippen MR) is 77.6 cm³/mol. The highest BCUT2D eigenvalue weighted by Crippen LogP contribution is 2.30. The van der Waals surface area contributed by atoms with E-state index < -0.39 is 11.6 Å².